The fourth-order valence-corrected chi connectivity index (χ4v) is 2.48. The number of ether oxygens (including phenoxy) is 1. The largest absolute Gasteiger partial charge is 0.494 e. The van der Waals surface area contributed by atoms with Gasteiger partial charge >= 0.3 is 0 Å². The molecule has 21 heavy (non-hydrogen) atoms. The Kier molecular flexibility index (Phi) is 5.59. The third-order valence-corrected chi connectivity index (χ3v) is 3.64. The van der Waals surface area contributed by atoms with Gasteiger partial charge in [-0.1, -0.05) is 23.7 Å². The van der Waals surface area contributed by atoms with E-state index in [1.165, 1.54) is 12.1 Å². The summed E-state index contributed by atoms with van der Waals surface area (Å²) in [7, 11) is 0. The van der Waals surface area contributed by atoms with Crippen LogP contribution in [0.1, 0.15) is 24.0 Å². The van der Waals surface area contributed by atoms with Crippen molar-refractivity contribution in [2.24, 2.45) is 5.73 Å². The van der Waals surface area contributed by atoms with Gasteiger partial charge in [-0.15, -0.1) is 0 Å². The zero-order chi connectivity index (χ0) is 15.2. The molecule has 0 saturated heterocycles. The lowest BCUT2D eigenvalue weighted by atomic mass is 9.91. The van der Waals surface area contributed by atoms with Gasteiger partial charge in [-0.25, -0.2) is 4.39 Å². The number of benzene rings is 2. The van der Waals surface area contributed by atoms with Gasteiger partial charge in [0.2, 0.25) is 0 Å². The topological polar surface area (TPSA) is 35.2 Å². The van der Waals surface area contributed by atoms with E-state index >= 15 is 0 Å². The fourth-order valence-electron chi connectivity index (χ4n) is 2.35. The van der Waals surface area contributed by atoms with E-state index in [1.807, 2.05) is 31.2 Å². The van der Waals surface area contributed by atoms with Crippen LogP contribution in [0.5, 0.6) is 5.75 Å². The fraction of sp³-hybridized carbons (Fsp3) is 0.294. The molecule has 0 radical (unpaired) electrons. The molecule has 2 nitrogen and oxygen atoms in total. The molecule has 2 aromatic rings. The highest BCUT2D eigenvalue weighted by atomic mass is 35.5. The maximum Gasteiger partial charge on any atom is 0.123 e. The van der Waals surface area contributed by atoms with E-state index in [0.29, 0.717) is 23.9 Å². The van der Waals surface area contributed by atoms with Gasteiger partial charge in [-0.05, 0) is 55.8 Å². The third kappa shape index (κ3) is 4.19. The van der Waals surface area contributed by atoms with E-state index < -0.39 is 0 Å². The number of halogens is 2. The molecule has 0 aliphatic carbocycles. The van der Waals surface area contributed by atoms with Crippen LogP contribution >= 0.6 is 11.6 Å². The van der Waals surface area contributed by atoms with Crippen LogP contribution in [0.4, 0.5) is 4.39 Å². The Balaban J connectivity index is 2.27. The zero-order valence-corrected chi connectivity index (χ0v) is 12.7. The lowest BCUT2D eigenvalue weighted by Gasteiger charge is -2.19. The number of hydrogen-bond donors (Lipinski definition) is 1. The predicted molar refractivity (Wildman–Crippen MR) is 84.5 cm³/mol. The molecule has 2 aromatic carbocycles. The van der Waals surface area contributed by atoms with E-state index in [-0.39, 0.29) is 11.7 Å². The predicted octanol–water partition coefficient (Wildman–Crippen LogP) is 4.16. The van der Waals surface area contributed by atoms with Crippen molar-refractivity contribution in [3.63, 3.8) is 0 Å². The van der Waals surface area contributed by atoms with Crippen molar-refractivity contribution in [3.05, 3.63) is 64.4 Å². The summed E-state index contributed by atoms with van der Waals surface area (Å²) in [5.41, 5.74) is 7.82. The molecule has 0 heterocycles. The minimum absolute atomic E-state index is 0.00317. The molecule has 0 aliphatic rings. The van der Waals surface area contributed by atoms with E-state index in [4.69, 9.17) is 22.1 Å². The molecule has 4 heteroatoms. The van der Waals surface area contributed by atoms with Crippen molar-refractivity contribution in [1.82, 2.24) is 0 Å². The summed E-state index contributed by atoms with van der Waals surface area (Å²) in [4.78, 5) is 0. The second-order valence-electron chi connectivity index (χ2n) is 4.88. The minimum Gasteiger partial charge on any atom is -0.494 e. The minimum atomic E-state index is -0.275. The van der Waals surface area contributed by atoms with Crippen molar-refractivity contribution >= 4 is 11.6 Å². The first kappa shape index (κ1) is 15.8. The normalized spacial score (nSPS) is 12.2. The SMILES string of the molecule is CCOc1ccc(F)cc1C(CN)Cc1ccc(Cl)cc1. The van der Waals surface area contributed by atoms with Crippen LogP contribution in [-0.2, 0) is 6.42 Å². The highest BCUT2D eigenvalue weighted by Gasteiger charge is 2.16. The monoisotopic (exact) mass is 307 g/mol. The van der Waals surface area contributed by atoms with Crippen molar-refractivity contribution in [2.45, 2.75) is 19.3 Å². The van der Waals surface area contributed by atoms with Gasteiger partial charge in [0.15, 0.2) is 0 Å². The van der Waals surface area contributed by atoms with Gasteiger partial charge in [0.1, 0.15) is 11.6 Å². The standard InChI is InChI=1S/C17H19ClFNO/c1-2-21-17-8-7-15(19)10-16(17)13(11-20)9-12-3-5-14(18)6-4-12/h3-8,10,13H,2,9,11,20H2,1H3. The van der Waals surface area contributed by atoms with Crippen molar-refractivity contribution < 1.29 is 9.13 Å². The second-order valence-corrected chi connectivity index (χ2v) is 5.31. The molecule has 0 saturated carbocycles. The van der Waals surface area contributed by atoms with Crippen LogP contribution in [0.25, 0.3) is 0 Å². The van der Waals surface area contributed by atoms with E-state index in [2.05, 4.69) is 0 Å². The van der Waals surface area contributed by atoms with E-state index in [0.717, 1.165) is 17.5 Å². The Morgan fingerprint density at radius 1 is 1.19 bits per heavy atom. The van der Waals surface area contributed by atoms with Crippen LogP contribution in [-0.4, -0.2) is 13.2 Å². The molecule has 0 bridgehead atoms. The smallest absolute Gasteiger partial charge is 0.123 e. The zero-order valence-electron chi connectivity index (χ0n) is 12.0. The average Bonchev–Trinajstić information content (AvgIpc) is 2.49. The molecule has 0 aliphatic heterocycles. The van der Waals surface area contributed by atoms with Crippen molar-refractivity contribution in [3.8, 4) is 5.75 Å². The number of hydrogen-bond acceptors (Lipinski definition) is 2. The molecule has 0 aromatic heterocycles. The quantitative estimate of drug-likeness (QED) is 0.869. The summed E-state index contributed by atoms with van der Waals surface area (Å²) in [5.74, 6) is 0.426. The summed E-state index contributed by atoms with van der Waals surface area (Å²) in [6, 6.07) is 12.2. The van der Waals surface area contributed by atoms with Gasteiger partial charge in [-0.2, -0.15) is 0 Å². The molecule has 1 atom stereocenters. The van der Waals surface area contributed by atoms with Crippen LogP contribution < -0.4 is 10.5 Å². The van der Waals surface area contributed by atoms with Crippen molar-refractivity contribution in [2.75, 3.05) is 13.2 Å². The van der Waals surface area contributed by atoms with Crippen LogP contribution in [0.15, 0.2) is 42.5 Å². The second kappa shape index (κ2) is 7.43. The lowest BCUT2D eigenvalue weighted by Crippen LogP contribution is -2.16. The summed E-state index contributed by atoms with van der Waals surface area (Å²) in [6.07, 6.45) is 0.719. The Morgan fingerprint density at radius 3 is 2.52 bits per heavy atom. The highest BCUT2D eigenvalue weighted by molar-refractivity contribution is 6.30. The third-order valence-electron chi connectivity index (χ3n) is 3.39. The molecule has 2 rings (SSSR count). The summed E-state index contributed by atoms with van der Waals surface area (Å²) >= 11 is 5.89. The number of rotatable bonds is 6. The first-order valence-corrected chi connectivity index (χ1v) is 7.38. The molecule has 2 N–H and O–H groups in total. The number of nitrogens with two attached hydrogens (primary N) is 1. The summed E-state index contributed by atoms with van der Waals surface area (Å²) in [5, 5.41) is 0.698. The summed E-state index contributed by atoms with van der Waals surface area (Å²) in [6.45, 7) is 2.87. The highest BCUT2D eigenvalue weighted by Crippen LogP contribution is 2.30. The van der Waals surface area contributed by atoms with Gasteiger partial charge in [-0.3, -0.25) is 0 Å². The Morgan fingerprint density at radius 2 is 1.90 bits per heavy atom. The van der Waals surface area contributed by atoms with Crippen LogP contribution in [0, 0.1) is 5.82 Å². The molecular weight excluding hydrogens is 289 g/mol. The first-order valence-electron chi connectivity index (χ1n) is 7.00. The van der Waals surface area contributed by atoms with Gasteiger partial charge in [0.25, 0.3) is 0 Å². The Labute approximate surface area is 129 Å². The molecule has 0 amide bonds. The molecule has 0 spiro atoms. The molecule has 0 fully saturated rings. The maximum atomic E-state index is 13.6. The molecule has 112 valence electrons. The van der Waals surface area contributed by atoms with E-state index in [9.17, 15) is 4.39 Å². The van der Waals surface area contributed by atoms with E-state index in [1.54, 1.807) is 6.07 Å². The van der Waals surface area contributed by atoms with Crippen LogP contribution in [0.3, 0.4) is 0 Å². The lowest BCUT2D eigenvalue weighted by molar-refractivity contribution is 0.333. The van der Waals surface area contributed by atoms with Crippen LogP contribution in [0.2, 0.25) is 5.02 Å². The first-order chi connectivity index (χ1) is 10.1. The van der Waals surface area contributed by atoms with Crippen molar-refractivity contribution in [1.29, 1.82) is 0 Å². The molecule has 1 unspecified atom stereocenters. The van der Waals surface area contributed by atoms with Gasteiger partial charge in [0.05, 0.1) is 6.61 Å². The Bertz CT molecular complexity index is 586. The van der Waals surface area contributed by atoms with Gasteiger partial charge < -0.3 is 10.5 Å². The van der Waals surface area contributed by atoms with Gasteiger partial charge in [0, 0.05) is 16.5 Å². The molecular formula is C17H19ClFNO. The maximum absolute atomic E-state index is 13.6. The Hall–Kier alpha value is -1.58. The summed E-state index contributed by atoms with van der Waals surface area (Å²) < 4.78 is 19.2. The average molecular weight is 308 g/mol.